The molecule has 8 nitrogen and oxygen atoms in total. The van der Waals surface area contributed by atoms with Gasteiger partial charge in [-0.15, -0.1) is 0 Å². The maximum atomic E-state index is 12.5. The zero-order valence-electron chi connectivity index (χ0n) is 15.0. The van der Waals surface area contributed by atoms with E-state index in [-0.39, 0.29) is 4.90 Å². The number of benzene rings is 2. The van der Waals surface area contributed by atoms with Crippen LogP contribution < -0.4 is 10.0 Å². The van der Waals surface area contributed by atoms with Crippen molar-refractivity contribution in [3.63, 3.8) is 0 Å². The maximum Gasteiger partial charge on any atom is 0.347 e. The molecule has 11 heteroatoms. The van der Waals surface area contributed by atoms with Gasteiger partial charge in [0.25, 0.3) is 0 Å². The second-order valence-electron chi connectivity index (χ2n) is 6.15. The number of carbonyl (C=O) groups is 1. The van der Waals surface area contributed by atoms with Crippen molar-refractivity contribution in [2.45, 2.75) is 30.6 Å². The predicted octanol–water partition coefficient (Wildman–Crippen LogP) is 2.31. The molecule has 2 atom stereocenters. The highest BCUT2D eigenvalue weighted by Crippen LogP contribution is 2.39. The van der Waals surface area contributed by atoms with E-state index >= 15 is 0 Å². The third-order valence-corrected chi connectivity index (χ3v) is 6.87. The monoisotopic (exact) mass is 446 g/mol. The molecular formula is C17H20ClN2O6PS. The van der Waals surface area contributed by atoms with Crippen LogP contribution in [0.2, 0.25) is 5.02 Å². The van der Waals surface area contributed by atoms with Gasteiger partial charge in [0.05, 0.1) is 10.9 Å². The fourth-order valence-electron chi connectivity index (χ4n) is 2.24. The highest BCUT2D eigenvalue weighted by Gasteiger charge is 2.29. The molecule has 4 N–H and O–H groups in total. The zero-order valence-corrected chi connectivity index (χ0v) is 17.5. The van der Waals surface area contributed by atoms with E-state index < -0.39 is 35.4 Å². The molecule has 2 rings (SSSR count). The predicted molar refractivity (Wildman–Crippen MR) is 106 cm³/mol. The Morgan fingerprint density at radius 2 is 1.46 bits per heavy atom. The smallest absolute Gasteiger partial charge is 0.341 e. The molecule has 0 fully saturated rings. The van der Waals surface area contributed by atoms with Gasteiger partial charge < -0.3 is 15.1 Å². The lowest BCUT2D eigenvalue weighted by Gasteiger charge is -2.19. The van der Waals surface area contributed by atoms with Gasteiger partial charge in [0.1, 0.15) is 5.78 Å². The maximum absolute atomic E-state index is 12.5. The molecule has 152 valence electrons. The lowest BCUT2D eigenvalue weighted by Crippen LogP contribution is -2.47. The Kier molecular flexibility index (Phi) is 7.03. The molecule has 28 heavy (non-hydrogen) atoms. The highest BCUT2D eigenvalue weighted by atomic mass is 35.5. The van der Waals surface area contributed by atoms with Gasteiger partial charge in [-0.2, -0.15) is 4.72 Å². The summed E-state index contributed by atoms with van der Waals surface area (Å²) < 4.78 is 38.2. The minimum absolute atomic E-state index is 0.0482. The molecule has 0 heterocycles. The van der Waals surface area contributed by atoms with E-state index in [1.165, 1.54) is 19.1 Å². The van der Waals surface area contributed by atoms with Crippen molar-refractivity contribution >= 4 is 35.1 Å². The molecule has 0 bridgehead atoms. The van der Waals surface area contributed by atoms with Crippen LogP contribution in [0, 0.1) is 0 Å². The molecule has 0 spiro atoms. The summed E-state index contributed by atoms with van der Waals surface area (Å²) in [5.41, 5.74) is 1.65. The fourth-order valence-corrected chi connectivity index (χ4v) is 3.86. The van der Waals surface area contributed by atoms with Crippen LogP contribution >= 0.6 is 19.2 Å². The van der Waals surface area contributed by atoms with Gasteiger partial charge in [0.15, 0.2) is 0 Å². The van der Waals surface area contributed by atoms with Gasteiger partial charge in [-0.25, -0.2) is 8.42 Å². The van der Waals surface area contributed by atoms with E-state index in [2.05, 4.69) is 10.0 Å². The van der Waals surface area contributed by atoms with Crippen LogP contribution in [-0.4, -0.2) is 35.9 Å². The Balaban J connectivity index is 2.10. The molecule has 2 aromatic carbocycles. The van der Waals surface area contributed by atoms with Crippen molar-refractivity contribution in [1.82, 2.24) is 10.0 Å². The second-order valence-corrected chi connectivity index (χ2v) is 10.3. The van der Waals surface area contributed by atoms with Crippen molar-refractivity contribution < 1.29 is 27.6 Å². The Morgan fingerprint density at radius 1 is 1.00 bits per heavy atom. The third-order valence-electron chi connectivity index (χ3n) is 3.92. The van der Waals surface area contributed by atoms with Gasteiger partial charge in [-0.3, -0.25) is 9.36 Å². The molecule has 0 saturated heterocycles. The lowest BCUT2D eigenvalue weighted by atomic mass is 10.1. The van der Waals surface area contributed by atoms with Gasteiger partial charge in [0.2, 0.25) is 15.9 Å². The van der Waals surface area contributed by atoms with Crippen molar-refractivity contribution in [1.29, 1.82) is 0 Å². The molecule has 0 aliphatic heterocycles. The first-order chi connectivity index (χ1) is 12.9. The lowest BCUT2D eigenvalue weighted by molar-refractivity contribution is -0.122. The van der Waals surface area contributed by atoms with Crippen LogP contribution in [0.5, 0.6) is 0 Å². The number of halogens is 1. The molecule has 0 saturated carbocycles. The van der Waals surface area contributed by atoms with Crippen LogP contribution in [0.15, 0.2) is 53.4 Å². The summed E-state index contributed by atoms with van der Waals surface area (Å²) in [6, 6.07) is 11.9. The molecule has 1 amide bonds. The number of nitrogens with one attached hydrogen (secondary N) is 2. The van der Waals surface area contributed by atoms with Crippen molar-refractivity contribution in [2.75, 3.05) is 0 Å². The van der Waals surface area contributed by atoms with E-state index in [0.717, 1.165) is 18.1 Å². The minimum atomic E-state index is -4.52. The van der Waals surface area contributed by atoms with E-state index in [1.807, 2.05) is 0 Å². The van der Waals surface area contributed by atoms with E-state index in [4.69, 9.17) is 21.4 Å². The summed E-state index contributed by atoms with van der Waals surface area (Å²) in [5.74, 6) is -2.28. The first-order valence-electron chi connectivity index (χ1n) is 8.14. The summed E-state index contributed by atoms with van der Waals surface area (Å²) in [5, 5.41) is 2.68. The summed E-state index contributed by atoms with van der Waals surface area (Å²) in [6.07, 6.45) is 0. The Bertz CT molecular complexity index is 989. The summed E-state index contributed by atoms with van der Waals surface area (Å²) in [6.45, 7) is 2.41. The summed E-state index contributed by atoms with van der Waals surface area (Å²) in [4.78, 5) is 30.0. The number of rotatable bonds is 7. The van der Waals surface area contributed by atoms with Gasteiger partial charge in [-0.05, 0) is 49.2 Å². The second kappa shape index (κ2) is 8.73. The van der Waals surface area contributed by atoms with E-state index in [1.54, 1.807) is 36.4 Å². The number of sulfonamides is 1. The molecule has 0 radical (unpaired) electrons. The highest BCUT2D eigenvalue weighted by molar-refractivity contribution is 7.89. The van der Waals surface area contributed by atoms with Crippen LogP contribution in [0.1, 0.15) is 13.8 Å². The van der Waals surface area contributed by atoms with Crippen molar-refractivity contribution in [3.8, 4) is 11.1 Å². The number of hydrogen-bond acceptors (Lipinski definition) is 4. The van der Waals surface area contributed by atoms with Crippen molar-refractivity contribution in [2.24, 2.45) is 0 Å². The normalized spacial score (nSPS) is 14.3. The first-order valence-corrected chi connectivity index (χ1v) is 11.7. The van der Waals surface area contributed by atoms with Crippen LogP contribution in [0.25, 0.3) is 11.1 Å². The summed E-state index contributed by atoms with van der Waals surface area (Å²) in [7, 11) is -8.52. The van der Waals surface area contributed by atoms with E-state index in [0.29, 0.717) is 5.02 Å². The van der Waals surface area contributed by atoms with Crippen LogP contribution in [0.4, 0.5) is 0 Å². The molecule has 0 aromatic heterocycles. The number of carbonyl (C=O) groups excluding carboxylic acids is 1. The molecular weight excluding hydrogens is 427 g/mol. The van der Waals surface area contributed by atoms with E-state index in [9.17, 15) is 17.8 Å². The Hall–Kier alpha value is -1.74. The van der Waals surface area contributed by atoms with Crippen LogP contribution in [0.3, 0.4) is 0 Å². The third kappa shape index (κ3) is 5.88. The zero-order chi connectivity index (χ0) is 21.1. The van der Waals surface area contributed by atoms with Gasteiger partial charge >= 0.3 is 7.60 Å². The number of hydrogen-bond donors (Lipinski definition) is 4. The van der Waals surface area contributed by atoms with Crippen LogP contribution in [-0.2, 0) is 19.4 Å². The largest absolute Gasteiger partial charge is 0.347 e. The summed E-state index contributed by atoms with van der Waals surface area (Å²) >= 11 is 5.85. The first kappa shape index (κ1) is 22.5. The molecule has 0 unspecified atom stereocenters. The Morgan fingerprint density at radius 3 is 1.93 bits per heavy atom. The van der Waals surface area contributed by atoms with Crippen molar-refractivity contribution in [3.05, 3.63) is 53.6 Å². The Labute approximate surface area is 168 Å². The van der Waals surface area contributed by atoms with Gasteiger partial charge in [0, 0.05) is 5.02 Å². The average molecular weight is 447 g/mol. The fraction of sp³-hybridized carbons (Fsp3) is 0.235. The topological polar surface area (TPSA) is 133 Å². The molecule has 0 aliphatic carbocycles. The molecule has 2 aromatic rings. The number of amides is 1. The average Bonchev–Trinajstić information content (AvgIpc) is 2.61. The SMILES string of the molecule is C[C@H](NS(=O)(=O)c1ccc(-c2ccc(Cl)cc2)cc1)C(=O)N[C@@H](C)P(=O)(O)O. The minimum Gasteiger partial charge on any atom is -0.341 e. The standard InChI is InChI=1S/C17H20ClN2O6PS/c1-11(17(21)19-12(2)27(22,23)24)20-28(25,26)16-9-5-14(6-10-16)13-3-7-15(18)8-4-13/h3-12,20H,1-2H3,(H,19,21)(H2,22,23,24)/t11-,12+/m0/s1. The van der Waals surface area contributed by atoms with Gasteiger partial charge in [-0.1, -0.05) is 35.9 Å². The quantitative estimate of drug-likeness (QED) is 0.482. The molecule has 0 aliphatic rings.